The standard InChI is InChI=1S/C20H19Cl2FN2O2S/c1-27-19-7-5-15(28-22)9-18(19)25-13-3-4-14(25)11-24(10-13)20(26)16-6-2-12(23)8-17(16)21/h2,5-9,13-14H,3-4,10-11H2,1H3. The van der Waals surface area contributed by atoms with Gasteiger partial charge >= 0.3 is 0 Å². The molecule has 2 aromatic carbocycles. The lowest BCUT2D eigenvalue weighted by molar-refractivity contribution is 0.0718. The molecule has 28 heavy (non-hydrogen) atoms. The average molecular weight is 441 g/mol. The maximum atomic E-state index is 13.3. The second-order valence-electron chi connectivity index (χ2n) is 7.04. The highest BCUT2D eigenvalue weighted by Gasteiger charge is 2.42. The Morgan fingerprint density at radius 3 is 2.50 bits per heavy atom. The van der Waals surface area contributed by atoms with Gasteiger partial charge in [0.05, 0.1) is 23.4 Å². The van der Waals surface area contributed by atoms with E-state index in [2.05, 4.69) is 4.90 Å². The predicted octanol–water partition coefficient (Wildman–Crippen LogP) is 5.23. The molecule has 0 spiro atoms. The van der Waals surface area contributed by atoms with E-state index in [-0.39, 0.29) is 23.0 Å². The van der Waals surface area contributed by atoms with Crippen molar-refractivity contribution in [2.24, 2.45) is 0 Å². The molecule has 8 heteroatoms. The molecule has 0 N–H and O–H groups in total. The lowest BCUT2D eigenvalue weighted by atomic mass is 10.1. The molecule has 2 atom stereocenters. The number of methoxy groups -OCH3 is 1. The number of hydrogen-bond acceptors (Lipinski definition) is 4. The Morgan fingerprint density at radius 2 is 1.89 bits per heavy atom. The second kappa shape index (κ2) is 8.01. The van der Waals surface area contributed by atoms with E-state index < -0.39 is 5.82 Å². The summed E-state index contributed by atoms with van der Waals surface area (Å²) in [5.41, 5.74) is 1.35. The van der Waals surface area contributed by atoms with E-state index >= 15 is 0 Å². The van der Waals surface area contributed by atoms with Crippen LogP contribution in [0.2, 0.25) is 5.02 Å². The Balaban J connectivity index is 1.59. The van der Waals surface area contributed by atoms with Crippen molar-refractivity contribution in [2.75, 3.05) is 25.1 Å². The topological polar surface area (TPSA) is 32.8 Å². The van der Waals surface area contributed by atoms with Crippen molar-refractivity contribution in [1.29, 1.82) is 0 Å². The Kier molecular flexibility index (Phi) is 5.63. The Labute approximate surface area is 177 Å². The second-order valence-corrected chi connectivity index (χ2v) is 8.53. The third-order valence-corrected chi connectivity index (χ3v) is 6.73. The molecule has 4 nitrogen and oxygen atoms in total. The zero-order chi connectivity index (χ0) is 19.8. The van der Waals surface area contributed by atoms with Gasteiger partial charge in [-0.25, -0.2) is 4.39 Å². The molecule has 2 aromatic rings. The highest BCUT2D eigenvalue weighted by Crippen LogP contribution is 2.42. The minimum Gasteiger partial charge on any atom is -0.495 e. The third kappa shape index (κ3) is 3.53. The van der Waals surface area contributed by atoms with Crippen LogP contribution in [-0.4, -0.2) is 43.1 Å². The van der Waals surface area contributed by atoms with Gasteiger partial charge in [-0.3, -0.25) is 4.79 Å². The predicted molar refractivity (Wildman–Crippen MR) is 111 cm³/mol. The van der Waals surface area contributed by atoms with E-state index in [1.54, 1.807) is 7.11 Å². The normalized spacial score (nSPS) is 21.1. The summed E-state index contributed by atoms with van der Waals surface area (Å²) >= 11 is 6.10. The number of anilines is 1. The quantitative estimate of drug-likeness (QED) is 0.651. The van der Waals surface area contributed by atoms with Gasteiger partial charge < -0.3 is 14.5 Å². The molecule has 2 bridgehead atoms. The van der Waals surface area contributed by atoms with Gasteiger partial charge in [-0.1, -0.05) is 11.6 Å². The minimum atomic E-state index is -0.449. The molecule has 2 aliphatic heterocycles. The number of halogens is 3. The molecule has 2 unspecified atom stereocenters. The van der Waals surface area contributed by atoms with E-state index in [1.807, 2.05) is 23.1 Å². The van der Waals surface area contributed by atoms with Gasteiger partial charge in [-0.15, -0.1) is 0 Å². The number of benzene rings is 2. The first kappa shape index (κ1) is 19.7. The first-order valence-electron chi connectivity index (χ1n) is 9.01. The van der Waals surface area contributed by atoms with Gasteiger partial charge in [0, 0.05) is 30.1 Å². The Hall–Kier alpha value is -1.63. The van der Waals surface area contributed by atoms with Crippen LogP contribution >= 0.6 is 33.3 Å². The highest BCUT2D eigenvalue weighted by molar-refractivity contribution is 8.21. The van der Waals surface area contributed by atoms with E-state index in [4.69, 9.17) is 27.0 Å². The molecule has 2 saturated heterocycles. The minimum absolute atomic E-state index is 0.147. The fourth-order valence-electron chi connectivity index (χ4n) is 4.21. The smallest absolute Gasteiger partial charge is 0.255 e. The molecule has 2 fully saturated rings. The van der Waals surface area contributed by atoms with Crippen LogP contribution in [0.4, 0.5) is 10.1 Å². The van der Waals surface area contributed by atoms with Crippen molar-refractivity contribution in [3.05, 3.63) is 52.8 Å². The van der Waals surface area contributed by atoms with Crippen LogP contribution in [0.25, 0.3) is 0 Å². The first-order valence-corrected chi connectivity index (χ1v) is 11.0. The summed E-state index contributed by atoms with van der Waals surface area (Å²) in [7, 11) is 8.78. The molecule has 148 valence electrons. The molecule has 0 radical (unpaired) electrons. The van der Waals surface area contributed by atoms with Crippen molar-refractivity contribution in [1.82, 2.24) is 4.90 Å². The molecule has 1 amide bonds. The number of carbonyl (C=O) groups is 1. The van der Waals surface area contributed by atoms with E-state index in [0.717, 1.165) is 29.2 Å². The summed E-state index contributed by atoms with van der Waals surface area (Å²) in [5.74, 6) is 0.196. The summed E-state index contributed by atoms with van der Waals surface area (Å²) < 4.78 is 18.9. The van der Waals surface area contributed by atoms with E-state index in [1.165, 1.54) is 29.2 Å². The molecule has 2 heterocycles. The van der Waals surface area contributed by atoms with Crippen LogP contribution in [0.15, 0.2) is 41.3 Å². The lowest BCUT2D eigenvalue weighted by Gasteiger charge is -2.43. The summed E-state index contributed by atoms with van der Waals surface area (Å²) in [6.07, 6.45) is 1.99. The monoisotopic (exact) mass is 440 g/mol. The number of nitrogens with zero attached hydrogens (tertiary/aromatic N) is 2. The van der Waals surface area contributed by atoms with E-state index in [9.17, 15) is 9.18 Å². The molecular weight excluding hydrogens is 422 g/mol. The number of ether oxygens (including phenoxy) is 1. The number of likely N-dealkylation sites (tertiary alicyclic amines) is 1. The number of hydrogen-bond donors (Lipinski definition) is 0. The van der Waals surface area contributed by atoms with Gasteiger partial charge in [0.15, 0.2) is 0 Å². The van der Waals surface area contributed by atoms with Crippen LogP contribution in [0.3, 0.4) is 0 Å². The van der Waals surface area contributed by atoms with Crippen molar-refractivity contribution in [3.63, 3.8) is 0 Å². The largest absolute Gasteiger partial charge is 0.495 e. The van der Waals surface area contributed by atoms with Gasteiger partial charge in [-0.05, 0) is 70.9 Å². The zero-order valence-corrected chi connectivity index (χ0v) is 17.5. The number of amides is 1. The maximum absolute atomic E-state index is 13.3. The Morgan fingerprint density at radius 1 is 1.18 bits per heavy atom. The summed E-state index contributed by atoms with van der Waals surface area (Å²) in [4.78, 5) is 18.1. The molecule has 0 aromatic heterocycles. The van der Waals surface area contributed by atoms with Crippen molar-refractivity contribution >= 4 is 44.9 Å². The van der Waals surface area contributed by atoms with Gasteiger partial charge in [0.1, 0.15) is 11.6 Å². The highest BCUT2D eigenvalue weighted by atomic mass is 35.7. The van der Waals surface area contributed by atoms with Gasteiger partial charge in [-0.2, -0.15) is 0 Å². The average Bonchev–Trinajstić information content (AvgIpc) is 2.95. The van der Waals surface area contributed by atoms with Gasteiger partial charge in [0.25, 0.3) is 5.91 Å². The molecule has 0 aliphatic carbocycles. The molecule has 4 rings (SSSR count). The molecular formula is C20H19Cl2FN2O2S. The summed E-state index contributed by atoms with van der Waals surface area (Å²) in [5, 5.41) is 0.147. The van der Waals surface area contributed by atoms with E-state index in [0.29, 0.717) is 18.7 Å². The van der Waals surface area contributed by atoms with Crippen molar-refractivity contribution < 1.29 is 13.9 Å². The van der Waals surface area contributed by atoms with Crippen LogP contribution in [0.5, 0.6) is 5.75 Å². The maximum Gasteiger partial charge on any atom is 0.255 e. The Bertz CT molecular complexity index is 900. The van der Waals surface area contributed by atoms with Crippen molar-refractivity contribution in [3.8, 4) is 5.75 Å². The van der Waals surface area contributed by atoms with Gasteiger partial charge in [0.2, 0.25) is 0 Å². The SMILES string of the molecule is COc1ccc(SCl)cc1N1C2CCC1CN(C(=O)c1ccc(F)cc1Cl)C2. The third-order valence-electron chi connectivity index (χ3n) is 5.45. The zero-order valence-electron chi connectivity index (χ0n) is 15.2. The van der Waals surface area contributed by atoms with Crippen molar-refractivity contribution in [2.45, 2.75) is 29.8 Å². The first-order chi connectivity index (χ1) is 13.5. The van der Waals surface area contributed by atoms with Crippen LogP contribution in [0.1, 0.15) is 23.2 Å². The summed E-state index contributed by atoms with van der Waals surface area (Å²) in [6.45, 7) is 1.18. The van der Waals surface area contributed by atoms with Crippen LogP contribution in [-0.2, 0) is 0 Å². The van der Waals surface area contributed by atoms with Crippen LogP contribution in [0, 0.1) is 5.82 Å². The molecule has 2 aliphatic rings. The molecule has 0 saturated carbocycles. The fraction of sp³-hybridized carbons (Fsp3) is 0.350. The lowest BCUT2D eigenvalue weighted by Crippen LogP contribution is -2.55. The number of piperazine rings is 1. The number of carbonyl (C=O) groups excluding carboxylic acids is 1. The van der Waals surface area contributed by atoms with Crippen LogP contribution < -0.4 is 9.64 Å². The number of rotatable bonds is 4. The fourth-order valence-corrected chi connectivity index (χ4v) is 5.03. The summed E-state index contributed by atoms with van der Waals surface area (Å²) in [6, 6.07) is 10.2. The number of fused-ring (bicyclic) bond motifs is 2.